The van der Waals surface area contributed by atoms with Gasteiger partial charge in [-0.25, -0.2) is 9.37 Å². The topological polar surface area (TPSA) is 54.5 Å². The lowest BCUT2D eigenvalue weighted by Gasteiger charge is -2.29. The largest absolute Gasteiger partial charge is 0.378 e. The van der Waals surface area contributed by atoms with Crippen LogP contribution >= 0.6 is 22.7 Å². The monoisotopic (exact) mass is 403 g/mol. The number of carbonyl (C=O) groups excluding carboxylic acids is 1. The fourth-order valence-electron chi connectivity index (χ4n) is 2.92. The third kappa shape index (κ3) is 4.35. The first-order valence-electron chi connectivity index (χ1n) is 8.58. The Bertz CT molecular complexity index is 921. The van der Waals surface area contributed by atoms with Crippen LogP contribution in [0.4, 0.5) is 15.8 Å². The number of thiophene rings is 1. The summed E-state index contributed by atoms with van der Waals surface area (Å²) < 4.78 is 19.7. The Kier molecular flexibility index (Phi) is 5.47. The van der Waals surface area contributed by atoms with Crippen molar-refractivity contribution in [3.8, 4) is 10.6 Å². The van der Waals surface area contributed by atoms with Crippen LogP contribution < -0.4 is 10.2 Å². The molecule has 0 saturated carbocycles. The predicted octanol–water partition coefficient (Wildman–Crippen LogP) is 4.03. The third-order valence-corrected chi connectivity index (χ3v) is 5.87. The Morgan fingerprint density at radius 1 is 1.26 bits per heavy atom. The summed E-state index contributed by atoms with van der Waals surface area (Å²) >= 11 is 3.13. The van der Waals surface area contributed by atoms with E-state index in [2.05, 4.69) is 10.3 Å². The van der Waals surface area contributed by atoms with Gasteiger partial charge in [0.05, 0.1) is 31.0 Å². The Hall–Kier alpha value is -2.29. The van der Waals surface area contributed by atoms with Crippen molar-refractivity contribution in [2.75, 3.05) is 36.5 Å². The standard InChI is InChI=1S/C19H18FN3O2S2/c20-16-9-14(1-2-17(16)23-4-6-25-7-5-23)21-18(24)10-15-12-27-19(22-15)13-3-8-26-11-13/h1-3,8-9,11-12H,4-7,10H2,(H,21,24). The van der Waals surface area contributed by atoms with E-state index in [1.54, 1.807) is 23.5 Å². The summed E-state index contributed by atoms with van der Waals surface area (Å²) in [5, 5.41) is 9.56. The molecule has 5 nitrogen and oxygen atoms in total. The van der Waals surface area contributed by atoms with Crippen molar-refractivity contribution < 1.29 is 13.9 Å². The van der Waals surface area contributed by atoms with Crippen LogP contribution in [-0.4, -0.2) is 37.2 Å². The lowest BCUT2D eigenvalue weighted by atomic mass is 10.2. The molecule has 0 aliphatic carbocycles. The first-order valence-corrected chi connectivity index (χ1v) is 10.4. The van der Waals surface area contributed by atoms with Crippen molar-refractivity contribution in [2.24, 2.45) is 0 Å². The number of nitrogens with one attached hydrogen (secondary N) is 1. The first kappa shape index (κ1) is 18.1. The van der Waals surface area contributed by atoms with Crippen LogP contribution in [0.25, 0.3) is 10.6 Å². The molecule has 0 unspecified atom stereocenters. The maximum atomic E-state index is 14.4. The summed E-state index contributed by atoms with van der Waals surface area (Å²) in [6.07, 6.45) is 0.160. The molecule has 140 valence electrons. The molecule has 1 N–H and O–H groups in total. The number of benzene rings is 1. The highest BCUT2D eigenvalue weighted by Crippen LogP contribution is 2.26. The molecule has 1 aromatic carbocycles. The van der Waals surface area contributed by atoms with Crippen LogP contribution in [0, 0.1) is 5.82 Å². The number of nitrogens with zero attached hydrogens (tertiary/aromatic N) is 2. The van der Waals surface area contributed by atoms with E-state index >= 15 is 0 Å². The summed E-state index contributed by atoms with van der Waals surface area (Å²) in [5.41, 5.74) is 2.76. The van der Waals surface area contributed by atoms with E-state index in [1.165, 1.54) is 17.4 Å². The fraction of sp³-hybridized carbons (Fsp3) is 0.263. The van der Waals surface area contributed by atoms with Crippen LogP contribution in [0.2, 0.25) is 0 Å². The number of hydrogen-bond acceptors (Lipinski definition) is 6. The number of halogens is 1. The van der Waals surface area contributed by atoms with Crippen LogP contribution in [0.1, 0.15) is 5.69 Å². The van der Waals surface area contributed by atoms with Gasteiger partial charge in [-0.15, -0.1) is 11.3 Å². The minimum Gasteiger partial charge on any atom is -0.378 e. The Balaban J connectivity index is 1.38. The van der Waals surface area contributed by atoms with Gasteiger partial charge in [-0.1, -0.05) is 0 Å². The molecule has 0 bridgehead atoms. The number of rotatable bonds is 5. The number of morpholine rings is 1. The maximum Gasteiger partial charge on any atom is 0.230 e. The van der Waals surface area contributed by atoms with E-state index in [0.717, 1.165) is 10.6 Å². The van der Waals surface area contributed by atoms with E-state index < -0.39 is 0 Å². The van der Waals surface area contributed by atoms with Crippen molar-refractivity contribution in [1.29, 1.82) is 0 Å². The van der Waals surface area contributed by atoms with Crippen molar-refractivity contribution >= 4 is 40.0 Å². The first-order chi connectivity index (χ1) is 13.2. The average molecular weight is 404 g/mol. The summed E-state index contributed by atoms with van der Waals surface area (Å²) in [4.78, 5) is 18.7. The molecule has 0 spiro atoms. The van der Waals surface area contributed by atoms with Gasteiger partial charge in [0, 0.05) is 35.1 Å². The minimum atomic E-state index is -0.344. The van der Waals surface area contributed by atoms with Crippen LogP contribution in [0.15, 0.2) is 40.4 Å². The molecular weight excluding hydrogens is 385 g/mol. The molecule has 27 heavy (non-hydrogen) atoms. The van der Waals surface area contributed by atoms with Crippen molar-refractivity contribution in [3.05, 3.63) is 51.9 Å². The SMILES string of the molecule is O=C(Cc1csc(-c2ccsc2)n1)Nc1ccc(N2CCOCC2)c(F)c1. The lowest BCUT2D eigenvalue weighted by molar-refractivity contribution is -0.115. The van der Waals surface area contributed by atoms with Gasteiger partial charge in [-0.05, 0) is 29.6 Å². The number of hydrogen-bond donors (Lipinski definition) is 1. The summed E-state index contributed by atoms with van der Waals surface area (Å²) in [7, 11) is 0. The highest BCUT2D eigenvalue weighted by Gasteiger charge is 2.16. The normalized spacial score (nSPS) is 14.3. The smallest absolute Gasteiger partial charge is 0.230 e. The molecule has 2 aromatic heterocycles. The highest BCUT2D eigenvalue weighted by atomic mass is 32.1. The van der Waals surface area contributed by atoms with Crippen molar-refractivity contribution in [2.45, 2.75) is 6.42 Å². The number of aromatic nitrogens is 1. The molecule has 1 aliphatic heterocycles. The van der Waals surface area contributed by atoms with Crippen molar-refractivity contribution in [3.63, 3.8) is 0 Å². The number of amides is 1. The van der Waals surface area contributed by atoms with Gasteiger partial charge in [-0.3, -0.25) is 4.79 Å². The minimum absolute atomic E-state index is 0.160. The van der Waals surface area contributed by atoms with E-state index in [4.69, 9.17) is 4.74 Å². The van der Waals surface area contributed by atoms with E-state index in [-0.39, 0.29) is 18.1 Å². The summed E-state index contributed by atoms with van der Waals surface area (Å²) in [6, 6.07) is 6.80. The van der Waals surface area contributed by atoms with Gasteiger partial charge in [0.15, 0.2) is 0 Å². The summed E-state index contributed by atoms with van der Waals surface area (Å²) in [5.74, 6) is -0.557. The van der Waals surface area contributed by atoms with Gasteiger partial charge < -0.3 is 15.0 Å². The van der Waals surface area contributed by atoms with Gasteiger partial charge in [0.2, 0.25) is 5.91 Å². The molecule has 8 heteroatoms. The zero-order valence-corrected chi connectivity index (χ0v) is 16.1. The molecular formula is C19H18FN3O2S2. The van der Waals surface area contributed by atoms with Crippen LogP contribution in [-0.2, 0) is 16.0 Å². The van der Waals surface area contributed by atoms with Crippen molar-refractivity contribution in [1.82, 2.24) is 4.98 Å². The number of thiazole rings is 1. The lowest BCUT2D eigenvalue weighted by Crippen LogP contribution is -2.36. The van der Waals surface area contributed by atoms with E-state index in [0.29, 0.717) is 43.4 Å². The zero-order valence-electron chi connectivity index (χ0n) is 14.5. The van der Waals surface area contributed by atoms with Gasteiger partial charge in [-0.2, -0.15) is 11.3 Å². The summed E-state index contributed by atoms with van der Waals surface area (Å²) in [6.45, 7) is 2.52. The maximum absolute atomic E-state index is 14.4. The second-order valence-corrected chi connectivity index (χ2v) is 7.78. The predicted molar refractivity (Wildman–Crippen MR) is 107 cm³/mol. The molecule has 1 aliphatic rings. The Morgan fingerprint density at radius 3 is 2.85 bits per heavy atom. The van der Waals surface area contributed by atoms with Gasteiger partial charge >= 0.3 is 0 Å². The highest BCUT2D eigenvalue weighted by molar-refractivity contribution is 7.14. The number of anilines is 2. The Morgan fingerprint density at radius 2 is 2.11 bits per heavy atom. The molecule has 0 radical (unpaired) electrons. The molecule has 1 fully saturated rings. The van der Waals surface area contributed by atoms with E-state index in [1.807, 2.05) is 27.1 Å². The number of carbonyl (C=O) groups is 1. The number of ether oxygens (including phenoxy) is 1. The molecule has 0 atom stereocenters. The van der Waals surface area contributed by atoms with Gasteiger partial charge in [0.1, 0.15) is 10.8 Å². The second kappa shape index (κ2) is 8.16. The molecule has 3 heterocycles. The third-order valence-electron chi connectivity index (χ3n) is 4.24. The molecule has 3 aromatic rings. The molecule has 4 rings (SSSR count). The average Bonchev–Trinajstić information content (AvgIpc) is 3.34. The zero-order chi connectivity index (χ0) is 18.6. The molecule has 1 amide bonds. The van der Waals surface area contributed by atoms with E-state index in [9.17, 15) is 9.18 Å². The van der Waals surface area contributed by atoms with Gasteiger partial charge in [0.25, 0.3) is 0 Å². The molecule has 1 saturated heterocycles. The second-order valence-electron chi connectivity index (χ2n) is 6.15. The fourth-order valence-corrected chi connectivity index (χ4v) is 4.45. The quantitative estimate of drug-likeness (QED) is 0.699. The van der Waals surface area contributed by atoms with Crippen LogP contribution in [0.3, 0.4) is 0 Å². The van der Waals surface area contributed by atoms with Crippen LogP contribution in [0.5, 0.6) is 0 Å². The Labute approximate surface area is 164 Å².